The van der Waals surface area contributed by atoms with Gasteiger partial charge < -0.3 is 14.5 Å². The summed E-state index contributed by atoms with van der Waals surface area (Å²) >= 11 is 1.06. The summed E-state index contributed by atoms with van der Waals surface area (Å²) in [6, 6.07) is 8.10. The van der Waals surface area contributed by atoms with E-state index in [2.05, 4.69) is 10.4 Å². The van der Waals surface area contributed by atoms with Crippen LogP contribution in [-0.4, -0.2) is 28.3 Å². The van der Waals surface area contributed by atoms with E-state index in [4.69, 9.17) is 9.15 Å². The predicted octanol–water partition coefficient (Wildman–Crippen LogP) is 3.61. The number of halogens is 1. The zero-order valence-electron chi connectivity index (χ0n) is 15.5. The molecule has 3 heterocycles. The Labute approximate surface area is 172 Å². The van der Waals surface area contributed by atoms with E-state index < -0.39 is 23.3 Å². The zero-order chi connectivity index (χ0) is 21.3. The normalized spacial score (nSPS) is 10.9. The summed E-state index contributed by atoms with van der Waals surface area (Å²) in [6.07, 6.45) is 1.35. The molecule has 10 heteroatoms. The van der Waals surface area contributed by atoms with E-state index in [1.165, 1.54) is 36.6 Å². The number of thiophene rings is 1. The van der Waals surface area contributed by atoms with Crippen LogP contribution in [0.4, 0.5) is 9.39 Å². The molecule has 0 unspecified atom stereocenters. The van der Waals surface area contributed by atoms with Crippen LogP contribution in [0.25, 0.3) is 16.5 Å². The van der Waals surface area contributed by atoms with Gasteiger partial charge in [0.2, 0.25) is 0 Å². The first-order valence-electron chi connectivity index (χ1n) is 8.82. The maximum absolute atomic E-state index is 13.3. The van der Waals surface area contributed by atoms with Crippen molar-refractivity contribution >= 4 is 39.0 Å². The number of ether oxygens (including phenoxy) is 1. The number of nitrogens with one attached hydrogen (secondary N) is 1. The van der Waals surface area contributed by atoms with Gasteiger partial charge in [-0.3, -0.25) is 9.59 Å². The van der Waals surface area contributed by atoms with Gasteiger partial charge in [0.25, 0.3) is 11.5 Å². The lowest BCUT2D eigenvalue weighted by Gasteiger charge is -2.09. The molecule has 1 aromatic carbocycles. The molecule has 0 spiro atoms. The number of amides is 1. The van der Waals surface area contributed by atoms with Gasteiger partial charge in [0.1, 0.15) is 10.8 Å². The molecule has 0 atom stereocenters. The van der Waals surface area contributed by atoms with Gasteiger partial charge in [-0.05, 0) is 43.3 Å². The fourth-order valence-corrected chi connectivity index (χ4v) is 3.75. The van der Waals surface area contributed by atoms with Crippen molar-refractivity contribution in [3.8, 4) is 5.69 Å². The van der Waals surface area contributed by atoms with Gasteiger partial charge in [-0.15, -0.1) is 11.3 Å². The van der Waals surface area contributed by atoms with Crippen LogP contribution in [0.3, 0.4) is 0 Å². The third-order valence-electron chi connectivity index (χ3n) is 4.16. The summed E-state index contributed by atoms with van der Waals surface area (Å²) in [6.45, 7) is 1.76. The molecule has 30 heavy (non-hydrogen) atoms. The van der Waals surface area contributed by atoms with E-state index >= 15 is 0 Å². The van der Waals surface area contributed by atoms with Crippen LogP contribution < -0.4 is 10.9 Å². The van der Waals surface area contributed by atoms with E-state index in [0.29, 0.717) is 0 Å². The summed E-state index contributed by atoms with van der Waals surface area (Å²) in [4.78, 5) is 38.0. The molecule has 152 valence electrons. The Bertz CT molecular complexity index is 1290. The minimum absolute atomic E-state index is 0.0649. The minimum Gasteiger partial charge on any atom is -0.461 e. The Balaban J connectivity index is 1.91. The molecule has 1 amide bonds. The predicted molar refractivity (Wildman–Crippen MR) is 108 cm³/mol. The maximum Gasteiger partial charge on any atom is 0.359 e. The molecule has 0 radical (unpaired) electrons. The molecule has 8 nitrogen and oxygen atoms in total. The first-order valence-corrected chi connectivity index (χ1v) is 9.70. The third-order valence-corrected chi connectivity index (χ3v) is 5.06. The lowest BCUT2D eigenvalue weighted by molar-refractivity contribution is 0.0520. The molecule has 0 aliphatic rings. The second-order valence-corrected chi connectivity index (χ2v) is 6.93. The quantitative estimate of drug-likeness (QED) is 0.488. The van der Waals surface area contributed by atoms with E-state index in [0.717, 1.165) is 16.0 Å². The van der Waals surface area contributed by atoms with Crippen LogP contribution in [0.15, 0.2) is 57.3 Å². The Kier molecular flexibility index (Phi) is 5.15. The van der Waals surface area contributed by atoms with Crippen molar-refractivity contribution in [3.05, 3.63) is 75.7 Å². The number of hydrogen-bond donors (Lipinski definition) is 1. The van der Waals surface area contributed by atoms with Crippen LogP contribution in [0.1, 0.15) is 28.0 Å². The highest BCUT2D eigenvalue weighted by molar-refractivity contribution is 7.16. The number of carbonyl (C=O) groups excluding carboxylic acids is 2. The SMILES string of the molecule is CCOC(=O)c1nn(-c2ccc(F)cc2)c(=O)c2c(NC(=O)c3ccco3)scc12. The number of aromatic nitrogens is 2. The highest BCUT2D eigenvalue weighted by Gasteiger charge is 2.23. The smallest absolute Gasteiger partial charge is 0.359 e. The number of hydrogen-bond acceptors (Lipinski definition) is 7. The molecule has 4 aromatic rings. The average Bonchev–Trinajstić information content (AvgIpc) is 3.40. The van der Waals surface area contributed by atoms with Crippen molar-refractivity contribution in [3.63, 3.8) is 0 Å². The third kappa shape index (κ3) is 3.48. The van der Waals surface area contributed by atoms with Crippen LogP contribution >= 0.6 is 11.3 Å². The summed E-state index contributed by atoms with van der Waals surface area (Å²) in [7, 11) is 0. The van der Waals surface area contributed by atoms with Crippen LogP contribution in [0, 0.1) is 5.82 Å². The second-order valence-electron chi connectivity index (χ2n) is 6.05. The largest absolute Gasteiger partial charge is 0.461 e. The number of nitrogens with zero attached hydrogens (tertiary/aromatic N) is 2. The number of furan rings is 1. The average molecular weight is 427 g/mol. The molecule has 0 bridgehead atoms. The van der Waals surface area contributed by atoms with Crippen molar-refractivity contribution in [2.24, 2.45) is 0 Å². The minimum atomic E-state index is -0.722. The number of rotatable bonds is 5. The summed E-state index contributed by atoms with van der Waals surface area (Å²) in [5.74, 6) is -1.69. The number of benzene rings is 1. The topological polar surface area (TPSA) is 103 Å². The number of anilines is 1. The Hall–Kier alpha value is -3.79. The maximum atomic E-state index is 13.3. The van der Waals surface area contributed by atoms with Gasteiger partial charge in [-0.25, -0.2) is 9.18 Å². The molecular weight excluding hydrogens is 413 g/mol. The van der Waals surface area contributed by atoms with Gasteiger partial charge in [0, 0.05) is 10.8 Å². The van der Waals surface area contributed by atoms with Crippen LogP contribution in [0.2, 0.25) is 0 Å². The Morgan fingerprint density at radius 3 is 2.70 bits per heavy atom. The van der Waals surface area contributed by atoms with Gasteiger partial charge in [0.05, 0.1) is 23.9 Å². The van der Waals surface area contributed by atoms with Crippen molar-refractivity contribution in [2.75, 3.05) is 11.9 Å². The number of carbonyl (C=O) groups is 2. The van der Waals surface area contributed by atoms with Gasteiger partial charge >= 0.3 is 5.97 Å². The fourth-order valence-electron chi connectivity index (χ4n) is 2.82. The molecule has 0 fully saturated rings. The number of fused-ring (bicyclic) bond motifs is 1. The highest BCUT2D eigenvalue weighted by atomic mass is 32.1. The molecule has 3 aromatic heterocycles. The van der Waals surface area contributed by atoms with Crippen molar-refractivity contribution in [2.45, 2.75) is 6.92 Å². The van der Waals surface area contributed by atoms with Crippen LogP contribution in [0.5, 0.6) is 0 Å². The monoisotopic (exact) mass is 427 g/mol. The van der Waals surface area contributed by atoms with E-state index in [1.54, 1.807) is 18.4 Å². The standard InChI is InChI=1S/C20H14FN3O5S/c1-2-28-20(27)16-13-10-30-18(22-17(25)14-4-3-9-29-14)15(13)19(26)24(23-16)12-7-5-11(21)6-8-12/h3-10H,2H2,1H3,(H,22,25). The lowest BCUT2D eigenvalue weighted by atomic mass is 10.2. The molecule has 0 aliphatic carbocycles. The molecule has 1 N–H and O–H groups in total. The number of esters is 1. The summed E-state index contributed by atoms with van der Waals surface area (Å²) in [5, 5.41) is 8.87. The zero-order valence-corrected chi connectivity index (χ0v) is 16.4. The highest BCUT2D eigenvalue weighted by Crippen LogP contribution is 2.31. The first-order chi connectivity index (χ1) is 14.5. The van der Waals surface area contributed by atoms with Gasteiger partial charge in [-0.2, -0.15) is 9.78 Å². The van der Waals surface area contributed by atoms with Crippen LogP contribution in [-0.2, 0) is 4.74 Å². The van der Waals surface area contributed by atoms with Gasteiger partial charge in [-0.1, -0.05) is 0 Å². The molecule has 0 saturated heterocycles. The Morgan fingerprint density at radius 1 is 1.27 bits per heavy atom. The summed E-state index contributed by atoms with van der Waals surface area (Å²) in [5.41, 5.74) is -0.422. The molecule has 0 saturated carbocycles. The second kappa shape index (κ2) is 7.91. The lowest BCUT2D eigenvalue weighted by Crippen LogP contribution is -2.25. The van der Waals surface area contributed by atoms with Crippen molar-refractivity contribution in [1.29, 1.82) is 0 Å². The van der Waals surface area contributed by atoms with E-state index in [-0.39, 0.29) is 39.5 Å². The molecule has 4 rings (SSSR count). The van der Waals surface area contributed by atoms with Crippen molar-refractivity contribution < 1.29 is 23.1 Å². The van der Waals surface area contributed by atoms with Crippen molar-refractivity contribution in [1.82, 2.24) is 9.78 Å². The fraction of sp³-hybridized carbons (Fsp3) is 0.100. The summed E-state index contributed by atoms with van der Waals surface area (Å²) < 4.78 is 24.4. The molecule has 0 aliphatic heterocycles. The Morgan fingerprint density at radius 2 is 2.03 bits per heavy atom. The first kappa shape index (κ1) is 19.5. The molecular formula is C20H14FN3O5S. The van der Waals surface area contributed by atoms with E-state index in [9.17, 15) is 18.8 Å². The van der Waals surface area contributed by atoms with Gasteiger partial charge in [0.15, 0.2) is 11.5 Å². The van der Waals surface area contributed by atoms with E-state index in [1.807, 2.05) is 0 Å².